The first-order valence-electron chi connectivity index (χ1n) is 9.49. The SMILES string of the molecule is Cc1ccc(Nc2c(C(=O)NOCCO)cc(/C=N/OCC(C)(C)O)c(F)c2F)c(F)c1. The number of hydroxylamine groups is 1. The monoisotopic (exact) mass is 455 g/mol. The van der Waals surface area contributed by atoms with Gasteiger partial charge in [0, 0.05) is 5.56 Å². The minimum absolute atomic E-state index is 0.186. The van der Waals surface area contributed by atoms with Crippen molar-refractivity contribution in [3.8, 4) is 0 Å². The van der Waals surface area contributed by atoms with Crippen molar-refractivity contribution in [3.63, 3.8) is 0 Å². The molecule has 11 heteroatoms. The fourth-order valence-electron chi connectivity index (χ4n) is 2.40. The Kier molecular flexibility index (Phi) is 8.58. The number of halogens is 3. The topological polar surface area (TPSA) is 112 Å². The van der Waals surface area contributed by atoms with Crippen molar-refractivity contribution in [2.45, 2.75) is 26.4 Å². The van der Waals surface area contributed by atoms with Crippen LogP contribution in [0.3, 0.4) is 0 Å². The molecule has 0 saturated carbocycles. The van der Waals surface area contributed by atoms with Crippen molar-refractivity contribution in [1.82, 2.24) is 5.48 Å². The Hall–Kier alpha value is -3.15. The van der Waals surface area contributed by atoms with E-state index in [1.165, 1.54) is 26.0 Å². The number of hydrogen-bond donors (Lipinski definition) is 4. The van der Waals surface area contributed by atoms with E-state index in [2.05, 4.69) is 10.5 Å². The average molecular weight is 455 g/mol. The first-order valence-corrected chi connectivity index (χ1v) is 9.49. The number of aryl methyl sites for hydroxylation is 1. The second-order valence-electron chi connectivity index (χ2n) is 7.45. The third-order valence-electron chi connectivity index (χ3n) is 3.91. The minimum Gasteiger partial charge on any atom is -0.394 e. The third-order valence-corrected chi connectivity index (χ3v) is 3.91. The summed E-state index contributed by atoms with van der Waals surface area (Å²) in [5, 5.41) is 24.2. The molecular weight excluding hydrogens is 431 g/mol. The van der Waals surface area contributed by atoms with Crippen molar-refractivity contribution < 1.29 is 37.9 Å². The van der Waals surface area contributed by atoms with Gasteiger partial charge in [0.1, 0.15) is 12.4 Å². The molecule has 32 heavy (non-hydrogen) atoms. The Morgan fingerprint density at radius 1 is 1.22 bits per heavy atom. The number of hydrogen-bond acceptors (Lipinski definition) is 7. The Balaban J connectivity index is 2.45. The number of nitrogens with zero attached hydrogens (tertiary/aromatic N) is 1. The molecule has 0 aliphatic carbocycles. The maximum Gasteiger partial charge on any atom is 0.277 e. The van der Waals surface area contributed by atoms with Crippen molar-refractivity contribution in [3.05, 3.63) is 58.4 Å². The van der Waals surface area contributed by atoms with E-state index in [4.69, 9.17) is 14.8 Å². The van der Waals surface area contributed by atoms with Crippen molar-refractivity contribution >= 4 is 23.5 Å². The van der Waals surface area contributed by atoms with E-state index in [-0.39, 0.29) is 18.9 Å². The molecule has 0 atom stereocenters. The van der Waals surface area contributed by atoms with Gasteiger partial charge in [0.15, 0.2) is 11.6 Å². The zero-order valence-corrected chi connectivity index (χ0v) is 17.7. The van der Waals surface area contributed by atoms with Crippen LogP contribution in [0.2, 0.25) is 0 Å². The lowest BCUT2D eigenvalue weighted by atomic mass is 10.1. The molecule has 2 aromatic carbocycles. The minimum atomic E-state index is -1.47. The number of oxime groups is 1. The number of benzene rings is 2. The molecule has 0 aromatic heterocycles. The van der Waals surface area contributed by atoms with Crippen LogP contribution in [0.5, 0.6) is 0 Å². The molecule has 2 aromatic rings. The molecule has 0 fully saturated rings. The van der Waals surface area contributed by atoms with E-state index < -0.39 is 52.4 Å². The Morgan fingerprint density at radius 3 is 2.56 bits per heavy atom. The molecule has 4 N–H and O–H groups in total. The predicted octanol–water partition coefficient (Wildman–Crippen LogP) is 2.93. The predicted molar refractivity (Wildman–Crippen MR) is 111 cm³/mol. The van der Waals surface area contributed by atoms with Gasteiger partial charge in [-0.15, -0.1) is 0 Å². The highest BCUT2D eigenvalue weighted by Crippen LogP contribution is 2.30. The number of nitrogens with one attached hydrogen (secondary N) is 2. The Labute approximate surface area is 182 Å². The standard InChI is InChI=1S/C21H24F3N3O5/c1-12-4-5-16(15(22)8-12)26-19-14(20(29)27-31-7-6-28)9-13(17(23)18(19)24)10-25-32-11-21(2,3)30/h4-5,8-10,26,28,30H,6-7,11H2,1-3H3,(H,27,29)/b25-10+. The zero-order chi connectivity index (χ0) is 23.9. The van der Waals surface area contributed by atoms with Gasteiger partial charge in [0.25, 0.3) is 5.91 Å². The third kappa shape index (κ3) is 6.94. The smallest absolute Gasteiger partial charge is 0.277 e. The Morgan fingerprint density at radius 2 is 1.94 bits per heavy atom. The van der Waals surface area contributed by atoms with Crippen LogP contribution in [0.4, 0.5) is 24.5 Å². The molecular formula is C21H24F3N3O5. The second kappa shape index (κ2) is 10.9. The molecule has 0 aliphatic heterocycles. The van der Waals surface area contributed by atoms with Crippen LogP contribution in [0.15, 0.2) is 29.4 Å². The van der Waals surface area contributed by atoms with Crippen LogP contribution in [0.1, 0.15) is 35.3 Å². The van der Waals surface area contributed by atoms with Gasteiger partial charge in [-0.3, -0.25) is 9.63 Å². The maximum absolute atomic E-state index is 14.9. The largest absolute Gasteiger partial charge is 0.394 e. The molecule has 174 valence electrons. The molecule has 8 nitrogen and oxygen atoms in total. The molecule has 0 bridgehead atoms. The van der Waals surface area contributed by atoms with E-state index in [1.54, 1.807) is 13.0 Å². The molecule has 0 aliphatic rings. The zero-order valence-electron chi connectivity index (χ0n) is 17.7. The number of amides is 1. The summed E-state index contributed by atoms with van der Waals surface area (Å²) in [5.74, 6) is -4.56. The summed E-state index contributed by atoms with van der Waals surface area (Å²) in [6.45, 7) is 3.71. The lowest BCUT2D eigenvalue weighted by Crippen LogP contribution is -2.26. The van der Waals surface area contributed by atoms with Gasteiger partial charge in [-0.1, -0.05) is 11.2 Å². The summed E-state index contributed by atoms with van der Waals surface area (Å²) in [6, 6.07) is 5.00. The molecule has 0 radical (unpaired) electrons. The van der Waals surface area contributed by atoms with Gasteiger partial charge in [-0.25, -0.2) is 18.7 Å². The van der Waals surface area contributed by atoms with Crippen LogP contribution >= 0.6 is 0 Å². The van der Waals surface area contributed by atoms with Crippen molar-refractivity contribution in [2.75, 3.05) is 25.1 Å². The van der Waals surface area contributed by atoms with Gasteiger partial charge in [0.05, 0.1) is 42.0 Å². The summed E-state index contributed by atoms with van der Waals surface area (Å²) in [4.78, 5) is 22.1. The number of aliphatic hydroxyl groups is 2. The van der Waals surface area contributed by atoms with E-state index in [0.29, 0.717) is 5.56 Å². The highest BCUT2D eigenvalue weighted by atomic mass is 19.2. The van der Waals surface area contributed by atoms with E-state index in [0.717, 1.165) is 12.3 Å². The summed E-state index contributed by atoms with van der Waals surface area (Å²) in [5.41, 5.74) is -0.311. The van der Waals surface area contributed by atoms with Crippen molar-refractivity contribution in [1.29, 1.82) is 0 Å². The quantitative estimate of drug-likeness (QED) is 0.249. The number of carbonyl (C=O) groups excluding carboxylic acids is 1. The van der Waals surface area contributed by atoms with Gasteiger partial charge in [-0.2, -0.15) is 0 Å². The number of rotatable bonds is 10. The first-order chi connectivity index (χ1) is 15.0. The average Bonchev–Trinajstić information content (AvgIpc) is 2.71. The lowest BCUT2D eigenvalue weighted by Gasteiger charge is -2.16. The molecule has 0 spiro atoms. The van der Waals surface area contributed by atoms with Gasteiger partial charge in [-0.05, 0) is 44.5 Å². The normalized spacial score (nSPS) is 11.6. The Bertz CT molecular complexity index is 994. The van der Waals surface area contributed by atoms with Crippen LogP contribution in [-0.4, -0.2) is 47.8 Å². The first kappa shape index (κ1) is 25.1. The number of carbonyl (C=O) groups is 1. The van der Waals surface area contributed by atoms with Crippen LogP contribution in [0.25, 0.3) is 0 Å². The van der Waals surface area contributed by atoms with Gasteiger partial charge < -0.3 is 20.4 Å². The lowest BCUT2D eigenvalue weighted by molar-refractivity contribution is -0.0185. The number of anilines is 2. The van der Waals surface area contributed by atoms with Crippen LogP contribution < -0.4 is 10.8 Å². The molecule has 0 unspecified atom stereocenters. The summed E-state index contributed by atoms with van der Waals surface area (Å²) in [7, 11) is 0. The summed E-state index contributed by atoms with van der Waals surface area (Å²) < 4.78 is 43.8. The van der Waals surface area contributed by atoms with Crippen molar-refractivity contribution in [2.24, 2.45) is 5.16 Å². The molecule has 1 amide bonds. The summed E-state index contributed by atoms with van der Waals surface area (Å²) >= 11 is 0. The van der Waals surface area contributed by atoms with E-state index in [9.17, 15) is 23.1 Å². The second-order valence-corrected chi connectivity index (χ2v) is 7.45. The fourth-order valence-corrected chi connectivity index (χ4v) is 2.40. The highest BCUT2D eigenvalue weighted by molar-refractivity contribution is 6.01. The van der Waals surface area contributed by atoms with E-state index >= 15 is 0 Å². The van der Waals surface area contributed by atoms with Crippen LogP contribution in [-0.2, 0) is 9.68 Å². The highest BCUT2D eigenvalue weighted by Gasteiger charge is 2.23. The van der Waals surface area contributed by atoms with Gasteiger partial charge >= 0.3 is 0 Å². The number of aliphatic hydroxyl groups excluding tert-OH is 1. The molecule has 0 saturated heterocycles. The van der Waals surface area contributed by atoms with E-state index in [1.807, 2.05) is 5.48 Å². The molecule has 2 rings (SSSR count). The fraction of sp³-hybridized carbons (Fsp3) is 0.333. The van der Waals surface area contributed by atoms with Gasteiger partial charge in [0.2, 0.25) is 0 Å². The van der Waals surface area contributed by atoms with Crippen LogP contribution in [0, 0.1) is 24.4 Å². The summed E-state index contributed by atoms with van der Waals surface area (Å²) in [6.07, 6.45) is 0.825. The maximum atomic E-state index is 14.9. The molecule has 0 heterocycles.